The zero-order valence-corrected chi connectivity index (χ0v) is 15.5. The van der Waals surface area contributed by atoms with Crippen LogP contribution in [0.15, 0.2) is 18.2 Å². The molecule has 162 valence electrons. The SMILES string of the molecule is O=C(CCC(=O)OC[C@H]1O[C@H](O)[C@H](O)[C@@H](O)[C@H]1O)NCCc1ccc(O)c(O)c1. The Bertz CT molecular complexity index is 712. The Morgan fingerprint density at radius 3 is 2.41 bits per heavy atom. The van der Waals surface area contributed by atoms with Gasteiger partial charge in [-0.1, -0.05) is 6.07 Å². The molecule has 1 heterocycles. The molecule has 11 nitrogen and oxygen atoms in total. The molecule has 0 unspecified atom stereocenters. The molecule has 1 saturated heterocycles. The first-order valence-corrected chi connectivity index (χ1v) is 9.00. The summed E-state index contributed by atoms with van der Waals surface area (Å²) >= 11 is 0. The van der Waals surface area contributed by atoms with Gasteiger partial charge in [-0.3, -0.25) is 9.59 Å². The van der Waals surface area contributed by atoms with Gasteiger partial charge >= 0.3 is 5.97 Å². The summed E-state index contributed by atoms with van der Waals surface area (Å²) in [5, 5.41) is 59.3. The number of ether oxygens (including phenoxy) is 2. The first kappa shape index (κ1) is 22.8. The summed E-state index contributed by atoms with van der Waals surface area (Å²) < 4.78 is 9.75. The number of amides is 1. The summed E-state index contributed by atoms with van der Waals surface area (Å²) in [6, 6.07) is 4.33. The number of aliphatic hydroxyl groups excluding tert-OH is 4. The third kappa shape index (κ3) is 6.54. The fourth-order valence-corrected chi connectivity index (χ4v) is 2.69. The molecule has 2 rings (SSSR count). The molecule has 1 aliphatic rings. The zero-order chi connectivity index (χ0) is 21.6. The number of phenols is 2. The van der Waals surface area contributed by atoms with Crippen molar-refractivity contribution in [2.45, 2.75) is 50.0 Å². The van der Waals surface area contributed by atoms with Crippen molar-refractivity contribution in [2.75, 3.05) is 13.2 Å². The molecule has 1 fully saturated rings. The molecule has 1 aromatic rings. The van der Waals surface area contributed by atoms with Crippen LogP contribution in [0.2, 0.25) is 0 Å². The second kappa shape index (κ2) is 10.4. The summed E-state index contributed by atoms with van der Waals surface area (Å²) in [5.74, 6) is -1.62. The third-order valence-corrected chi connectivity index (χ3v) is 4.43. The predicted octanol–water partition coefficient (Wildman–Crippen LogP) is -2.12. The number of rotatable bonds is 8. The summed E-state index contributed by atoms with van der Waals surface area (Å²) in [6.07, 6.45) is -7.78. The van der Waals surface area contributed by atoms with E-state index in [1.165, 1.54) is 12.1 Å². The van der Waals surface area contributed by atoms with Crippen LogP contribution in [0.3, 0.4) is 0 Å². The van der Waals surface area contributed by atoms with Crippen molar-refractivity contribution >= 4 is 11.9 Å². The molecule has 29 heavy (non-hydrogen) atoms. The molecule has 0 spiro atoms. The molecule has 5 atom stereocenters. The van der Waals surface area contributed by atoms with Crippen molar-refractivity contribution < 1.29 is 49.7 Å². The molecule has 0 aliphatic carbocycles. The molecule has 0 bridgehead atoms. The number of phenolic OH excluding ortho intramolecular Hbond substituents is 2. The van der Waals surface area contributed by atoms with Gasteiger partial charge in [0.15, 0.2) is 17.8 Å². The standard InChI is InChI=1S/C18H25NO10/c20-10-2-1-9(7-11(10)21)5-6-19-13(22)3-4-14(23)28-8-12-15(24)16(25)17(26)18(27)29-12/h1-2,7,12,15-18,20-21,24-27H,3-6,8H2,(H,19,22)/t12-,15+,16+,17-,18+/m1/s1. The van der Waals surface area contributed by atoms with Crippen molar-refractivity contribution in [3.63, 3.8) is 0 Å². The largest absolute Gasteiger partial charge is 0.504 e. The van der Waals surface area contributed by atoms with Crippen LogP contribution >= 0.6 is 0 Å². The van der Waals surface area contributed by atoms with Crippen molar-refractivity contribution in [3.05, 3.63) is 23.8 Å². The van der Waals surface area contributed by atoms with Crippen molar-refractivity contribution in [3.8, 4) is 11.5 Å². The van der Waals surface area contributed by atoms with Crippen molar-refractivity contribution in [1.29, 1.82) is 0 Å². The molecule has 1 aliphatic heterocycles. The molecular weight excluding hydrogens is 390 g/mol. The first-order valence-electron chi connectivity index (χ1n) is 9.00. The van der Waals surface area contributed by atoms with E-state index < -0.39 is 49.2 Å². The maximum atomic E-state index is 11.8. The number of hydrogen-bond donors (Lipinski definition) is 7. The highest BCUT2D eigenvalue weighted by molar-refractivity contribution is 5.81. The van der Waals surface area contributed by atoms with E-state index in [0.29, 0.717) is 12.0 Å². The van der Waals surface area contributed by atoms with E-state index in [9.17, 15) is 40.2 Å². The highest BCUT2D eigenvalue weighted by Gasteiger charge is 2.43. The number of aromatic hydroxyl groups is 2. The van der Waals surface area contributed by atoms with E-state index in [-0.39, 0.29) is 30.9 Å². The monoisotopic (exact) mass is 415 g/mol. The Morgan fingerprint density at radius 2 is 1.72 bits per heavy atom. The highest BCUT2D eigenvalue weighted by Crippen LogP contribution is 2.24. The number of aliphatic hydroxyl groups is 4. The van der Waals surface area contributed by atoms with E-state index in [0.717, 1.165) is 0 Å². The molecule has 0 saturated carbocycles. The minimum absolute atomic E-state index is 0.141. The Kier molecular flexibility index (Phi) is 8.17. The molecule has 1 amide bonds. The Balaban J connectivity index is 1.64. The van der Waals surface area contributed by atoms with E-state index in [1.807, 2.05) is 0 Å². The third-order valence-electron chi connectivity index (χ3n) is 4.43. The molecule has 0 aromatic heterocycles. The second-order valence-electron chi connectivity index (χ2n) is 6.64. The van der Waals surface area contributed by atoms with Crippen LogP contribution in [0.4, 0.5) is 0 Å². The van der Waals surface area contributed by atoms with Crippen LogP contribution in [0.5, 0.6) is 11.5 Å². The highest BCUT2D eigenvalue weighted by atomic mass is 16.6. The lowest BCUT2D eigenvalue weighted by molar-refractivity contribution is -0.287. The average Bonchev–Trinajstić information content (AvgIpc) is 2.69. The minimum atomic E-state index is -1.72. The zero-order valence-electron chi connectivity index (χ0n) is 15.5. The number of carbonyl (C=O) groups excluding carboxylic acids is 2. The quantitative estimate of drug-likeness (QED) is 0.183. The first-order chi connectivity index (χ1) is 13.7. The summed E-state index contributed by atoms with van der Waals surface area (Å²) in [4.78, 5) is 23.5. The summed E-state index contributed by atoms with van der Waals surface area (Å²) in [6.45, 7) is -0.203. The van der Waals surface area contributed by atoms with Gasteiger partial charge in [0.05, 0.1) is 6.42 Å². The van der Waals surface area contributed by atoms with Crippen LogP contribution in [0.25, 0.3) is 0 Å². The Labute approximate surface area is 166 Å². The maximum Gasteiger partial charge on any atom is 0.306 e. The second-order valence-corrected chi connectivity index (χ2v) is 6.64. The topological polar surface area (TPSA) is 186 Å². The van der Waals surface area contributed by atoms with Gasteiger partial charge in [0.2, 0.25) is 5.91 Å². The fraction of sp³-hybridized carbons (Fsp3) is 0.556. The molecule has 11 heteroatoms. The van der Waals surface area contributed by atoms with Gasteiger partial charge < -0.3 is 45.4 Å². The van der Waals surface area contributed by atoms with Gasteiger partial charge in [0, 0.05) is 13.0 Å². The van der Waals surface area contributed by atoms with Crippen LogP contribution in [0, 0.1) is 0 Å². The molecular formula is C18H25NO10. The van der Waals surface area contributed by atoms with Gasteiger partial charge in [0.1, 0.15) is 31.0 Å². The van der Waals surface area contributed by atoms with Gasteiger partial charge in [-0.15, -0.1) is 0 Å². The average molecular weight is 415 g/mol. The van der Waals surface area contributed by atoms with Crippen molar-refractivity contribution in [2.24, 2.45) is 0 Å². The van der Waals surface area contributed by atoms with Crippen LogP contribution in [0.1, 0.15) is 18.4 Å². The van der Waals surface area contributed by atoms with E-state index >= 15 is 0 Å². The van der Waals surface area contributed by atoms with Crippen LogP contribution in [-0.2, 0) is 25.5 Å². The van der Waals surface area contributed by atoms with Crippen LogP contribution in [-0.4, -0.2) is 86.4 Å². The van der Waals surface area contributed by atoms with Gasteiger partial charge in [0.25, 0.3) is 0 Å². The fourth-order valence-electron chi connectivity index (χ4n) is 2.69. The molecule has 7 N–H and O–H groups in total. The van der Waals surface area contributed by atoms with E-state index in [4.69, 9.17) is 9.47 Å². The molecule has 0 radical (unpaired) electrons. The van der Waals surface area contributed by atoms with Gasteiger partial charge in [-0.25, -0.2) is 0 Å². The van der Waals surface area contributed by atoms with Crippen molar-refractivity contribution in [1.82, 2.24) is 5.32 Å². The Morgan fingerprint density at radius 1 is 1.00 bits per heavy atom. The van der Waals surface area contributed by atoms with E-state index in [1.54, 1.807) is 6.07 Å². The van der Waals surface area contributed by atoms with Crippen LogP contribution < -0.4 is 5.32 Å². The summed E-state index contributed by atoms with van der Waals surface area (Å²) in [5.41, 5.74) is 0.709. The lowest BCUT2D eigenvalue weighted by Gasteiger charge is -2.37. The number of esters is 1. The molecule has 1 aromatic carbocycles. The predicted molar refractivity (Wildman–Crippen MR) is 95.6 cm³/mol. The smallest absolute Gasteiger partial charge is 0.306 e. The minimum Gasteiger partial charge on any atom is -0.504 e. The van der Waals surface area contributed by atoms with Gasteiger partial charge in [-0.05, 0) is 24.1 Å². The lowest BCUT2D eigenvalue weighted by atomic mass is 9.99. The van der Waals surface area contributed by atoms with E-state index in [2.05, 4.69) is 5.32 Å². The lowest BCUT2D eigenvalue weighted by Crippen LogP contribution is -2.58. The van der Waals surface area contributed by atoms with Gasteiger partial charge in [-0.2, -0.15) is 0 Å². The number of carbonyl (C=O) groups is 2. The summed E-state index contributed by atoms with van der Waals surface area (Å²) in [7, 11) is 0. The maximum absolute atomic E-state index is 11.8. The normalized spacial score (nSPS) is 26.7. The number of nitrogens with one attached hydrogen (secondary N) is 1. The Hall–Kier alpha value is -2.44. The number of hydrogen-bond acceptors (Lipinski definition) is 10. The number of benzene rings is 1.